The molecule has 1 aromatic carbocycles. The zero-order chi connectivity index (χ0) is 14.0. The van der Waals surface area contributed by atoms with Crippen LogP contribution in [0.2, 0.25) is 5.02 Å². The van der Waals surface area contributed by atoms with Gasteiger partial charge in [-0.15, -0.1) is 0 Å². The Hall–Kier alpha value is -1.32. The fourth-order valence-electron chi connectivity index (χ4n) is 2.52. The minimum absolute atomic E-state index is 0.731. The molecule has 0 aliphatic rings. The van der Waals surface area contributed by atoms with Gasteiger partial charge >= 0.3 is 0 Å². The minimum atomic E-state index is 0.731. The highest BCUT2D eigenvalue weighted by atomic mass is 35.5. The van der Waals surface area contributed by atoms with Crippen molar-refractivity contribution in [1.82, 2.24) is 15.1 Å². The molecule has 0 aliphatic heterocycles. The molecule has 3 nitrogen and oxygen atoms in total. The van der Waals surface area contributed by atoms with Crippen molar-refractivity contribution in [2.45, 2.75) is 33.7 Å². The second-order valence-corrected chi connectivity index (χ2v) is 5.09. The number of hydrogen-bond acceptors (Lipinski definition) is 2. The lowest BCUT2D eigenvalue weighted by Gasteiger charge is -2.13. The molecule has 0 bridgehead atoms. The molecule has 1 aromatic heterocycles. The van der Waals surface area contributed by atoms with Crippen molar-refractivity contribution < 1.29 is 0 Å². The molecule has 0 atom stereocenters. The summed E-state index contributed by atoms with van der Waals surface area (Å²) >= 11 is 6.31. The van der Waals surface area contributed by atoms with Crippen LogP contribution >= 0.6 is 11.6 Å². The number of nitrogens with one attached hydrogen (secondary N) is 1. The molecule has 0 fully saturated rings. The van der Waals surface area contributed by atoms with Crippen LogP contribution in [0, 0.1) is 13.8 Å². The zero-order valence-corrected chi connectivity index (χ0v) is 12.7. The Labute approximate surface area is 119 Å². The first-order valence-corrected chi connectivity index (χ1v) is 6.95. The van der Waals surface area contributed by atoms with Gasteiger partial charge < -0.3 is 5.32 Å². The number of benzene rings is 1. The second-order valence-electron chi connectivity index (χ2n) is 4.68. The highest BCUT2D eigenvalue weighted by molar-refractivity contribution is 6.31. The van der Waals surface area contributed by atoms with Gasteiger partial charge in [0.25, 0.3) is 0 Å². The summed E-state index contributed by atoms with van der Waals surface area (Å²) in [6.45, 7) is 7.07. The quantitative estimate of drug-likeness (QED) is 0.928. The lowest BCUT2D eigenvalue weighted by atomic mass is 10.1. The van der Waals surface area contributed by atoms with Crippen molar-refractivity contribution in [1.29, 1.82) is 0 Å². The molecular formula is C15H20ClN3. The van der Waals surface area contributed by atoms with Gasteiger partial charge in [-0.2, -0.15) is 5.10 Å². The van der Waals surface area contributed by atoms with Gasteiger partial charge in [0.2, 0.25) is 0 Å². The third kappa shape index (κ3) is 2.53. The molecule has 0 aliphatic carbocycles. The van der Waals surface area contributed by atoms with Crippen LogP contribution in [0.1, 0.15) is 29.4 Å². The van der Waals surface area contributed by atoms with Crippen LogP contribution in [-0.4, -0.2) is 16.8 Å². The molecule has 19 heavy (non-hydrogen) atoms. The van der Waals surface area contributed by atoms with Crippen LogP contribution in [0.3, 0.4) is 0 Å². The lowest BCUT2D eigenvalue weighted by molar-refractivity contribution is 0.775. The Kier molecular flexibility index (Phi) is 4.27. The van der Waals surface area contributed by atoms with E-state index in [-0.39, 0.29) is 0 Å². The average Bonchev–Trinajstić information content (AvgIpc) is 2.67. The van der Waals surface area contributed by atoms with Crippen LogP contribution < -0.4 is 5.32 Å². The van der Waals surface area contributed by atoms with E-state index in [0.717, 1.165) is 34.9 Å². The van der Waals surface area contributed by atoms with E-state index in [1.165, 1.54) is 11.3 Å². The van der Waals surface area contributed by atoms with Crippen molar-refractivity contribution in [3.8, 4) is 5.69 Å². The largest absolute Gasteiger partial charge is 0.316 e. The molecule has 102 valence electrons. The Morgan fingerprint density at radius 2 is 2.00 bits per heavy atom. The van der Waals surface area contributed by atoms with Crippen LogP contribution in [-0.2, 0) is 13.0 Å². The van der Waals surface area contributed by atoms with Gasteiger partial charge in [-0.1, -0.05) is 24.6 Å². The smallest absolute Gasteiger partial charge is 0.0708 e. The third-order valence-corrected chi connectivity index (χ3v) is 3.82. The predicted octanol–water partition coefficient (Wildman–Crippen LogP) is 3.42. The summed E-state index contributed by atoms with van der Waals surface area (Å²) in [5, 5.41) is 8.61. The van der Waals surface area contributed by atoms with Gasteiger partial charge in [0, 0.05) is 22.8 Å². The summed E-state index contributed by atoms with van der Waals surface area (Å²) in [5.41, 5.74) is 5.74. The Morgan fingerprint density at radius 1 is 1.26 bits per heavy atom. The van der Waals surface area contributed by atoms with E-state index in [0.29, 0.717) is 0 Å². The molecule has 0 radical (unpaired) electrons. The molecule has 2 aromatic rings. The molecular weight excluding hydrogens is 258 g/mol. The van der Waals surface area contributed by atoms with E-state index in [9.17, 15) is 0 Å². The number of hydrogen-bond donors (Lipinski definition) is 1. The van der Waals surface area contributed by atoms with E-state index in [4.69, 9.17) is 11.6 Å². The van der Waals surface area contributed by atoms with Crippen molar-refractivity contribution in [2.75, 3.05) is 7.05 Å². The first-order chi connectivity index (χ1) is 9.10. The number of nitrogens with zero attached hydrogens (tertiary/aromatic N) is 2. The maximum atomic E-state index is 6.31. The number of aryl methyl sites for hydroxylation is 1. The number of rotatable bonds is 4. The van der Waals surface area contributed by atoms with E-state index < -0.39 is 0 Å². The van der Waals surface area contributed by atoms with E-state index in [1.807, 2.05) is 23.9 Å². The first-order valence-electron chi connectivity index (χ1n) is 6.57. The molecule has 0 saturated heterocycles. The van der Waals surface area contributed by atoms with E-state index in [1.54, 1.807) is 0 Å². The number of aromatic nitrogens is 2. The van der Waals surface area contributed by atoms with Crippen LogP contribution in [0.15, 0.2) is 18.2 Å². The van der Waals surface area contributed by atoms with Gasteiger partial charge in [0.15, 0.2) is 0 Å². The monoisotopic (exact) mass is 277 g/mol. The van der Waals surface area contributed by atoms with Gasteiger partial charge in [-0.25, -0.2) is 4.68 Å². The molecule has 0 saturated carbocycles. The Bertz CT molecular complexity index is 587. The predicted molar refractivity (Wildman–Crippen MR) is 80.2 cm³/mol. The molecule has 1 heterocycles. The normalized spacial score (nSPS) is 11.0. The van der Waals surface area contributed by atoms with E-state index >= 15 is 0 Å². The molecule has 4 heteroatoms. The first kappa shape index (κ1) is 14.1. The summed E-state index contributed by atoms with van der Waals surface area (Å²) in [6.07, 6.45) is 1.000. The molecule has 0 amide bonds. The fourth-order valence-corrected chi connectivity index (χ4v) is 2.76. The summed E-state index contributed by atoms with van der Waals surface area (Å²) in [6, 6.07) is 5.96. The minimum Gasteiger partial charge on any atom is -0.316 e. The van der Waals surface area contributed by atoms with Crippen molar-refractivity contribution in [2.24, 2.45) is 0 Å². The third-order valence-electron chi connectivity index (χ3n) is 3.47. The maximum absolute atomic E-state index is 6.31. The van der Waals surface area contributed by atoms with Crippen LogP contribution in [0.5, 0.6) is 0 Å². The van der Waals surface area contributed by atoms with Gasteiger partial charge in [0.1, 0.15) is 0 Å². The second kappa shape index (κ2) is 5.76. The van der Waals surface area contributed by atoms with Crippen LogP contribution in [0.4, 0.5) is 0 Å². The highest BCUT2D eigenvalue weighted by Gasteiger charge is 2.15. The molecule has 0 spiro atoms. The lowest BCUT2D eigenvalue weighted by Crippen LogP contribution is -2.11. The fraction of sp³-hybridized carbons (Fsp3) is 0.400. The SMILES string of the molecule is CCc1c(C)nn(-c2cccc(Cl)c2CNC)c1C. The maximum Gasteiger partial charge on any atom is 0.0708 e. The average molecular weight is 278 g/mol. The van der Waals surface area contributed by atoms with Crippen LogP contribution in [0.25, 0.3) is 5.69 Å². The summed E-state index contributed by atoms with van der Waals surface area (Å²) in [4.78, 5) is 0. The molecule has 2 rings (SSSR count). The van der Waals surface area contributed by atoms with Gasteiger partial charge in [0.05, 0.1) is 11.4 Å². The molecule has 1 N–H and O–H groups in total. The summed E-state index contributed by atoms with van der Waals surface area (Å²) < 4.78 is 2.01. The van der Waals surface area contributed by atoms with Gasteiger partial charge in [-0.05, 0) is 45.0 Å². The summed E-state index contributed by atoms with van der Waals surface area (Å²) in [7, 11) is 1.92. The Balaban J connectivity index is 2.62. The molecule has 0 unspecified atom stereocenters. The van der Waals surface area contributed by atoms with Crippen molar-refractivity contribution in [3.05, 3.63) is 45.7 Å². The highest BCUT2D eigenvalue weighted by Crippen LogP contribution is 2.26. The topological polar surface area (TPSA) is 29.9 Å². The summed E-state index contributed by atoms with van der Waals surface area (Å²) in [5.74, 6) is 0. The van der Waals surface area contributed by atoms with Gasteiger partial charge in [-0.3, -0.25) is 0 Å². The van der Waals surface area contributed by atoms with E-state index in [2.05, 4.69) is 37.3 Å². The number of halogens is 1. The zero-order valence-electron chi connectivity index (χ0n) is 11.9. The van der Waals surface area contributed by atoms with Crippen molar-refractivity contribution >= 4 is 11.6 Å². The standard InChI is InChI=1S/C15H20ClN3/c1-5-12-10(2)18-19(11(12)3)15-8-6-7-14(16)13(15)9-17-4/h6-8,17H,5,9H2,1-4H3. The Morgan fingerprint density at radius 3 is 2.58 bits per heavy atom. The van der Waals surface area contributed by atoms with Crippen molar-refractivity contribution in [3.63, 3.8) is 0 Å².